The molecule has 2 atom stereocenters. The Labute approximate surface area is 170 Å². The molecule has 0 radical (unpaired) electrons. The first-order valence-corrected chi connectivity index (χ1v) is 10.1. The Bertz CT molecular complexity index is 795. The first-order chi connectivity index (χ1) is 13.8. The van der Waals surface area contributed by atoms with E-state index in [2.05, 4.69) is 0 Å². The number of hydrogen-bond acceptors (Lipinski definition) is 6. The summed E-state index contributed by atoms with van der Waals surface area (Å²) in [6, 6.07) is 5.27. The molecule has 2 amide bonds. The minimum Gasteiger partial charge on any atom is -0.454 e. The molecule has 3 aliphatic heterocycles. The highest BCUT2D eigenvalue weighted by Gasteiger charge is 2.39. The van der Waals surface area contributed by atoms with Crippen LogP contribution in [0.1, 0.15) is 39.2 Å². The largest absolute Gasteiger partial charge is 0.454 e. The van der Waals surface area contributed by atoms with E-state index < -0.39 is 11.8 Å². The highest BCUT2D eigenvalue weighted by molar-refractivity contribution is 5.87. The van der Waals surface area contributed by atoms with Crippen molar-refractivity contribution in [3.8, 4) is 11.5 Å². The number of carbonyl (C=O) groups excluding carboxylic acids is 2. The molecule has 8 heteroatoms. The van der Waals surface area contributed by atoms with Crippen LogP contribution in [0.2, 0.25) is 0 Å². The van der Waals surface area contributed by atoms with Crippen LogP contribution in [-0.4, -0.2) is 66.0 Å². The molecule has 2 saturated heterocycles. The zero-order chi connectivity index (χ0) is 20.6. The Kier molecular flexibility index (Phi) is 5.40. The molecule has 3 aliphatic rings. The number of hydrogen-bond donors (Lipinski definition) is 0. The molecule has 29 heavy (non-hydrogen) atoms. The average molecular weight is 404 g/mol. The Morgan fingerprint density at radius 2 is 2.03 bits per heavy atom. The van der Waals surface area contributed by atoms with Crippen LogP contribution in [0.5, 0.6) is 11.5 Å². The maximum absolute atomic E-state index is 13.4. The molecule has 8 nitrogen and oxygen atoms in total. The van der Waals surface area contributed by atoms with Gasteiger partial charge in [-0.05, 0) is 44.4 Å². The molecule has 2 unspecified atom stereocenters. The van der Waals surface area contributed by atoms with Crippen molar-refractivity contribution in [2.45, 2.75) is 58.1 Å². The Morgan fingerprint density at radius 3 is 2.76 bits per heavy atom. The number of rotatable bonds is 5. The molecular weight excluding hydrogens is 376 g/mol. The van der Waals surface area contributed by atoms with Crippen molar-refractivity contribution in [1.82, 2.24) is 9.80 Å². The van der Waals surface area contributed by atoms with E-state index in [-0.39, 0.29) is 24.7 Å². The van der Waals surface area contributed by atoms with Gasteiger partial charge in [-0.15, -0.1) is 0 Å². The lowest BCUT2D eigenvalue weighted by molar-refractivity contribution is -0.150. The lowest BCUT2D eigenvalue weighted by Gasteiger charge is -2.31. The lowest BCUT2D eigenvalue weighted by atomic mass is 10.1. The summed E-state index contributed by atoms with van der Waals surface area (Å²) in [5.74, 6) is 0.619. The predicted molar refractivity (Wildman–Crippen MR) is 103 cm³/mol. The Balaban J connectivity index is 1.53. The summed E-state index contributed by atoms with van der Waals surface area (Å²) in [5, 5.41) is 0. The second-order valence-electron chi connectivity index (χ2n) is 8.23. The van der Waals surface area contributed by atoms with Gasteiger partial charge >= 0.3 is 0 Å². The number of fused-ring (bicyclic) bond motifs is 1. The van der Waals surface area contributed by atoms with E-state index >= 15 is 0 Å². The summed E-state index contributed by atoms with van der Waals surface area (Å²) in [5.41, 5.74) is 0.938. The molecule has 0 bridgehead atoms. The normalized spacial score (nSPS) is 24.7. The van der Waals surface area contributed by atoms with Crippen molar-refractivity contribution in [3.05, 3.63) is 23.8 Å². The minimum absolute atomic E-state index is 0.0522. The number of benzene rings is 1. The third-order valence-corrected chi connectivity index (χ3v) is 5.56. The number of carbonyl (C=O) groups is 2. The molecular formula is C21H28N2O6. The fourth-order valence-electron chi connectivity index (χ4n) is 4.20. The summed E-state index contributed by atoms with van der Waals surface area (Å²) in [6.45, 7) is 7.32. The summed E-state index contributed by atoms with van der Waals surface area (Å²) in [7, 11) is 0. The summed E-state index contributed by atoms with van der Waals surface area (Å²) < 4.78 is 22.4. The molecule has 3 heterocycles. The van der Waals surface area contributed by atoms with E-state index in [1.165, 1.54) is 6.92 Å². The smallest absolute Gasteiger partial charge is 0.245 e. The topological polar surface area (TPSA) is 77.5 Å². The summed E-state index contributed by atoms with van der Waals surface area (Å²) in [4.78, 5) is 28.9. The van der Waals surface area contributed by atoms with Gasteiger partial charge in [0.2, 0.25) is 18.6 Å². The van der Waals surface area contributed by atoms with E-state index in [1.807, 2.05) is 32.0 Å². The quantitative estimate of drug-likeness (QED) is 0.746. The first kappa shape index (κ1) is 20.0. The summed E-state index contributed by atoms with van der Waals surface area (Å²) in [6.07, 6.45) is 1.31. The third-order valence-electron chi connectivity index (χ3n) is 5.56. The van der Waals surface area contributed by atoms with Gasteiger partial charge in [0.05, 0.1) is 6.61 Å². The molecule has 0 N–H and O–H groups in total. The van der Waals surface area contributed by atoms with Gasteiger partial charge in [-0.25, -0.2) is 0 Å². The van der Waals surface area contributed by atoms with Gasteiger partial charge in [-0.1, -0.05) is 6.07 Å². The monoisotopic (exact) mass is 404 g/mol. The zero-order valence-electron chi connectivity index (χ0n) is 17.2. The van der Waals surface area contributed by atoms with Gasteiger partial charge in [0, 0.05) is 26.6 Å². The highest BCUT2D eigenvalue weighted by Crippen LogP contribution is 2.33. The van der Waals surface area contributed by atoms with Gasteiger partial charge in [-0.3, -0.25) is 9.59 Å². The maximum Gasteiger partial charge on any atom is 0.245 e. The second kappa shape index (κ2) is 7.84. The standard InChI is InChI=1S/C21H28N2O6/c1-14(24)23-8-4-5-17(23)20(25)22(11-16-12-28-21(2,3)29-16)10-15-6-7-18-19(9-15)27-13-26-18/h6-7,9,16-17H,4-5,8,10-13H2,1-3H3. The average Bonchev–Trinajstić information content (AvgIpc) is 3.39. The first-order valence-electron chi connectivity index (χ1n) is 10.1. The zero-order valence-corrected chi connectivity index (χ0v) is 17.2. The SMILES string of the molecule is CC(=O)N1CCCC1C(=O)N(Cc1ccc2c(c1)OCO2)CC1COC(C)(C)O1. The van der Waals surface area contributed by atoms with Crippen molar-refractivity contribution >= 4 is 11.8 Å². The second-order valence-corrected chi connectivity index (χ2v) is 8.23. The Hall–Kier alpha value is -2.32. The molecule has 4 rings (SSSR count). The molecule has 158 valence electrons. The van der Waals surface area contributed by atoms with Crippen molar-refractivity contribution in [3.63, 3.8) is 0 Å². The number of ether oxygens (including phenoxy) is 4. The van der Waals surface area contributed by atoms with E-state index in [0.29, 0.717) is 44.2 Å². The molecule has 1 aromatic carbocycles. The van der Waals surface area contributed by atoms with Crippen molar-refractivity contribution in [2.75, 3.05) is 26.5 Å². The van der Waals surface area contributed by atoms with Crippen molar-refractivity contribution in [2.24, 2.45) is 0 Å². The van der Waals surface area contributed by atoms with Crippen LogP contribution in [0.25, 0.3) is 0 Å². The van der Waals surface area contributed by atoms with E-state index in [1.54, 1.807) is 9.80 Å². The predicted octanol–water partition coefficient (Wildman–Crippen LogP) is 1.91. The molecule has 0 saturated carbocycles. The van der Waals surface area contributed by atoms with Gasteiger partial charge in [0.15, 0.2) is 17.3 Å². The highest BCUT2D eigenvalue weighted by atomic mass is 16.7. The van der Waals surface area contributed by atoms with Gasteiger partial charge in [0.1, 0.15) is 12.1 Å². The number of amides is 2. The van der Waals surface area contributed by atoms with Gasteiger partial charge in [0.25, 0.3) is 0 Å². The van der Waals surface area contributed by atoms with Crippen LogP contribution in [-0.2, 0) is 25.6 Å². The fraction of sp³-hybridized carbons (Fsp3) is 0.619. The molecule has 0 aromatic heterocycles. The summed E-state index contributed by atoms with van der Waals surface area (Å²) >= 11 is 0. The van der Waals surface area contributed by atoms with Crippen molar-refractivity contribution in [1.29, 1.82) is 0 Å². The van der Waals surface area contributed by atoms with Crippen LogP contribution >= 0.6 is 0 Å². The third kappa shape index (κ3) is 4.33. The Morgan fingerprint density at radius 1 is 1.24 bits per heavy atom. The van der Waals surface area contributed by atoms with Crippen molar-refractivity contribution < 1.29 is 28.5 Å². The maximum atomic E-state index is 13.4. The van der Waals surface area contributed by atoms with Gasteiger partial charge in [-0.2, -0.15) is 0 Å². The van der Waals surface area contributed by atoms with Crippen LogP contribution in [0.3, 0.4) is 0 Å². The fourth-order valence-corrected chi connectivity index (χ4v) is 4.20. The number of likely N-dealkylation sites (tertiary alicyclic amines) is 1. The lowest BCUT2D eigenvalue weighted by Crippen LogP contribution is -2.49. The minimum atomic E-state index is -0.656. The molecule has 2 fully saturated rings. The van der Waals surface area contributed by atoms with E-state index in [9.17, 15) is 9.59 Å². The van der Waals surface area contributed by atoms with Crippen LogP contribution in [0, 0.1) is 0 Å². The van der Waals surface area contributed by atoms with E-state index in [4.69, 9.17) is 18.9 Å². The molecule has 0 spiro atoms. The number of nitrogens with zero attached hydrogens (tertiary/aromatic N) is 2. The van der Waals surface area contributed by atoms with Crippen LogP contribution < -0.4 is 9.47 Å². The molecule has 1 aromatic rings. The van der Waals surface area contributed by atoms with Crippen LogP contribution in [0.15, 0.2) is 18.2 Å². The van der Waals surface area contributed by atoms with Gasteiger partial charge < -0.3 is 28.7 Å². The van der Waals surface area contributed by atoms with Crippen LogP contribution in [0.4, 0.5) is 0 Å². The van der Waals surface area contributed by atoms with E-state index in [0.717, 1.165) is 12.0 Å². The molecule has 0 aliphatic carbocycles.